The summed E-state index contributed by atoms with van der Waals surface area (Å²) in [5, 5.41) is 8.06. The van der Waals surface area contributed by atoms with Crippen LogP contribution in [0.25, 0.3) is 22.0 Å². The molecule has 0 saturated carbocycles. The molecule has 12 heteroatoms. The van der Waals surface area contributed by atoms with Crippen molar-refractivity contribution in [2.75, 3.05) is 23.0 Å². The number of hydrogen-bond acceptors (Lipinski definition) is 5. The van der Waals surface area contributed by atoms with Crippen LogP contribution in [0.2, 0.25) is 0 Å². The van der Waals surface area contributed by atoms with Crippen molar-refractivity contribution in [3.8, 4) is 11.1 Å². The van der Waals surface area contributed by atoms with Gasteiger partial charge in [-0.1, -0.05) is 6.07 Å². The molecule has 0 aliphatic rings. The average molecular weight is 500 g/mol. The van der Waals surface area contributed by atoms with Crippen LogP contribution in [0.3, 0.4) is 0 Å². The van der Waals surface area contributed by atoms with Gasteiger partial charge in [0, 0.05) is 43.0 Å². The van der Waals surface area contributed by atoms with Gasteiger partial charge in [-0.05, 0) is 36.8 Å². The summed E-state index contributed by atoms with van der Waals surface area (Å²) in [7, 11) is 1.71. The number of aryl methyl sites for hydroxylation is 1. The Morgan fingerprint density at radius 1 is 1.06 bits per heavy atom. The molecule has 4 aromatic rings. The first-order valence-corrected chi connectivity index (χ1v) is 10.7. The lowest BCUT2D eigenvalue weighted by atomic mass is 10.0. The fourth-order valence-electron chi connectivity index (χ4n) is 3.67. The molecule has 0 fully saturated rings. The van der Waals surface area contributed by atoms with Crippen molar-refractivity contribution in [3.63, 3.8) is 0 Å². The Kier molecular flexibility index (Phi) is 6.60. The van der Waals surface area contributed by atoms with Gasteiger partial charge in [-0.15, -0.1) is 0 Å². The van der Waals surface area contributed by atoms with Gasteiger partial charge in [0.2, 0.25) is 0 Å². The predicted octanol–water partition coefficient (Wildman–Crippen LogP) is 5.32. The van der Waals surface area contributed by atoms with Crippen molar-refractivity contribution in [1.82, 2.24) is 14.5 Å². The standard InChI is InChI=1S/C24H20F4N6O2/c1-3-34-20-9-21(29-2)31-10-14(20)6-17(22(34)35)13-4-5-18(25)19(7-13)33-23(36)32-16-8-15(11-30-12-16)24(26,27)28/h4-12H,3H2,1-2H3,(H,29,31)(H2,32,33,36). The molecular formula is C24H20F4N6O2. The number of pyridine rings is 3. The lowest BCUT2D eigenvalue weighted by Crippen LogP contribution is -2.22. The van der Waals surface area contributed by atoms with E-state index < -0.39 is 23.6 Å². The highest BCUT2D eigenvalue weighted by Gasteiger charge is 2.31. The first-order valence-electron chi connectivity index (χ1n) is 10.7. The summed E-state index contributed by atoms with van der Waals surface area (Å²) in [5.74, 6) is -0.208. The van der Waals surface area contributed by atoms with Crippen molar-refractivity contribution < 1.29 is 22.4 Å². The second kappa shape index (κ2) is 9.64. The minimum Gasteiger partial charge on any atom is -0.373 e. The number of hydrogen-bond donors (Lipinski definition) is 3. The van der Waals surface area contributed by atoms with E-state index in [1.54, 1.807) is 29.9 Å². The molecular weight excluding hydrogens is 480 g/mol. The quantitative estimate of drug-likeness (QED) is 0.322. The van der Waals surface area contributed by atoms with Crippen LogP contribution in [-0.2, 0) is 12.7 Å². The van der Waals surface area contributed by atoms with Crippen LogP contribution in [0.5, 0.6) is 0 Å². The number of rotatable bonds is 5. The number of benzene rings is 1. The maximum absolute atomic E-state index is 14.5. The number of aromatic nitrogens is 3. The molecule has 8 nitrogen and oxygen atoms in total. The number of amides is 2. The van der Waals surface area contributed by atoms with E-state index in [4.69, 9.17) is 0 Å². The molecule has 0 bridgehead atoms. The molecule has 0 saturated heterocycles. The first-order chi connectivity index (χ1) is 17.1. The maximum atomic E-state index is 14.5. The molecule has 0 aliphatic carbocycles. The van der Waals surface area contributed by atoms with Gasteiger partial charge in [0.15, 0.2) is 0 Å². The van der Waals surface area contributed by atoms with E-state index in [0.29, 0.717) is 41.1 Å². The van der Waals surface area contributed by atoms with Crippen molar-refractivity contribution in [2.45, 2.75) is 19.6 Å². The number of urea groups is 1. The Labute approximate surface area is 202 Å². The highest BCUT2D eigenvalue weighted by atomic mass is 19.4. The molecule has 4 rings (SSSR count). The van der Waals surface area contributed by atoms with Crippen LogP contribution >= 0.6 is 0 Å². The third-order valence-corrected chi connectivity index (χ3v) is 5.40. The Bertz CT molecular complexity index is 1520. The second-order valence-corrected chi connectivity index (χ2v) is 7.72. The number of carbonyl (C=O) groups excluding carboxylic acids is 1. The molecule has 36 heavy (non-hydrogen) atoms. The summed E-state index contributed by atoms with van der Waals surface area (Å²) in [4.78, 5) is 33.3. The number of alkyl halides is 3. The monoisotopic (exact) mass is 500 g/mol. The SMILES string of the molecule is CCn1c(=O)c(-c2ccc(F)c(NC(=O)Nc3cncc(C(F)(F)F)c3)c2)cc2cnc(NC)cc21. The Balaban J connectivity index is 1.66. The Hall–Kier alpha value is -4.48. The number of anilines is 3. The minimum absolute atomic E-state index is 0.229. The van der Waals surface area contributed by atoms with E-state index in [0.717, 1.165) is 12.3 Å². The topological polar surface area (TPSA) is 101 Å². The van der Waals surface area contributed by atoms with E-state index in [1.807, 2.05) is 6.92 Å². The van der Waals surface area contributed by atoms with Crippen LogP contribution < -0.4 is 21.5 Å². The van der Waals surface area contributed by atoms with Crippen LogP contribution in [-0.4, -0.2) is 27.6 Å². The summed E-state index contributed by atoms with van der Waals surface area (Å²) >= 11 is 0. The number of carbonyl (C=O) groups is 1. The van der Waals surface area contributed by atoms with Gasteiger partial charge >= 0.3 is 12.2 Å². The summed E-state index contributed by atoms with van der Waals surface area (Å²) in [6.07, 6.45) is -1.39. The molecule has 3 N–H and O–H groups in total. The molecule has 0 unspecified atom stereocenters. The largest absolute Gasteiger partial charge is 0.417 e. The fourth-order valence-corrected chi connectivity index (χ4v) is 3.67. The highest BCUT2D eigenvalue weighted by molar-refractivity contribution is 6.00. The molecule has 0 aliphatic heterocycles. The lowest BCUT2D eigenvalue weighted by molar-refractivity contribution is -0.137. The van der Waals surface area contributed by atoms with Gasteiger partial charge < -0.3 is 20.5 Å². The number of nitrogens with zero attached hydrogens (tertiary/aromatic N) is 3. The zero-order chi connectivity index (χ0) is 26.0. The van der Waals surface area contributed by atoms with Crippen molar-refractivity contribution >= 4 is 34.1 Å². The van der Waals surface area contributed by atoms with E-state index in [-0.39, 0.29) is 22.5 Å². The smallest absolute Gasteiger partial charge is 0.373 e. The van der Waals surface area contributed by atoms with E-state index in [1.165, 1.54) is 12.1 Å². The zero-order valence-electron chi connectivity index (χ0n) is 19.1. The average Bonchev–Trinajstić information content (AvgIpc) is 2.84. The van der Waals surface area contributed by atoms with Crippen LogP contribution in [0.1, 0.15) is 12.5 Å². The van der Waals surface area contributed by atoms with Crippen LogP contribution in [0, 0.1) is 5.82 Å². The third-order valence-electron chi connectivity index (χ3n) is 5.40. The summed E-state index contributed by atoms with van der Waals surface area (Å²) in [5.41, 5.74) is -0.610. The van der Waals surface area contributed by atoms with E-state index in [2.05, 4.69) is 25.9 Å². The van der Waals surface area contributed by atoms with Gasteiger partial charge in [-0.25, -0.2) is 14.2 Å². The molecule has 186 valence electrons. The lowest BCUT2D eigenvalue weighted by Gasteiger charge is -2.14. The summed E-state index contributed by atoms with van der Waals surface area (Å²) in [6, 6.07) is 6.84. The molecule has 1 aromatic carbocycles. The molecule has 3 aromatic heterocycles. The molecule has 3 heterocycles. The van der Waals surface area contributed by atoms with Gasteiger partial charge in [0.1, 0.15) is 11.6 Å². The van der Waals surface area contributed by atoms with E-state index in [9.17, 15) is 27.2 Å². The van der Waals surface area contributed by atoms with Crippen molar-refractivity contribution in [3.05, 3.63) is 76.7 Å². The zero-order valence-corrected chi connectivity index (χ0v) is 19.1. The highest BCUT2D eigenvalue weighted by Crippen LogP contribution is 2.30. The molecule has 0 atom stereocenters. The maximum Gasteiger partial charge on any atom is 0.417 e. The minimum atomic E-state index is -4.64. The van der Waals surface area contributed by atoms with Gasteiger partial charge in [-0.2, -0.15) is 13.2 Å². The summed E-state index contributed by atoms with van der Waals surface area (Å²) < 4.78 is 54.7. The second-order valence-electron chi connectivity index (χ2n) is 7.72. The van der Waals surface area contributed by atoms with E-state index >= 15 is 0 Å². The fraction of sp³-hybridized carbons (Fsp3) is 0.167. The predicted molar refractivity (Wildman–Crippen MR) is 128 cm³/mol. The van der Waals surface area contributed by atoms with Gasteiger partial charge in [0.25, 0.3) is 5.56 Å². The van der Waals surface area contributed by atoms with Gasteiger partial charge in [0.05, 0.1) is 28.7 Å². The van der Waals surface area contributed by atoms with Crippen LogP contribution in [0.4, 0.5) is 39.5 Å². The molecule has 0 spiro atoms. The number of fused-ring (bicyclic) bond motifs is 1. The van der Waals surface area contributed by atoms with Crippen LogP contribution in [0.15, 0.2) is 59.8 Å². The first kappa shape index (κ1) is 24.6. The number of halogens is 4. The normalized spacial score (nSPS) is 11.4. The molecule has 0 radical (unpaired) electrons. The Morgan fingerprint density at radius 3 is 2.53 bits per heavy atom. The Morgan fingerprint density at radius 2 is 1.83 bits per heavy atom. The van der Waals surface area contributed by atoms with Crippen molar-refractivity contribution in [2.24, 2.45) is 0 Å². The third kappa shape index (κ3) is 4.97. The van der Waals surface area contributed by atoms with Crippen molar-refractivity contribution in [1.29, 1.82) is 0 Å². The van der Waals surface area contributed by atoms with Gasteiger partial charge in [-0.3, -0.25) is 9.78 Å². The summed E-state index contributed by atoms with van der Waals surface area (Å²) in [6.45, 7) is 2.19. The molecule has 2 amide bonds. The number of nitrogens with one attached hydrogen (secondary N) is 3.